The summed E-state index contributed by atoms with van der Waals surface area (Å²) < 4.78 is 12.4. The van der Waals surface area contributed by atoms with Crippen molar-refractivity contribution in [2.75, 3.05) is 0 Å². The molecule has 2 unspecified atom stereocenters. The molecule has 0 aliphatic carbocycles. The predicted molar refractivity (Wildman–Crippen MR) is 78.5 cm³/mol. The number of hydrogen-bond donors (Lipinski definition) is 1. The molecule has 0 spiro atoms. The van der Waals surface area contributed by atoms with Crippen LogP contribution in [-0.2, 0) is 10.8 Å². The summed E-state index contributed by atoms with van der Waals surface area (Å²) in [5, 5.41) is 9.94. The Morgan fingerprint density at radius 1 is 1.00 bits per heavy atom. The lowest BCUT2D eigenvalue weighted by Gasteiger charge is -2.18. The van der Waals surface area contributed by atoms with Crippen LogP contribution in [0.1, 0.15) is 24.2 Å². The highest BCUT2D eigenvalue weighted by molar-refractivity contribution is 7.85. The third-order valence-corrected chi connectivity index (χ3v) is 4.85. The molecule has 2 nitrogen and oxygen atoms in total. The van der Waals surface area contributed by atoms with E-state index in [2.05, 4.69) is 0 Å². The van der Waals surface area contributed by atoms with Crippen molar-refractivity contribution in [1.29, 1.82) is 0 Å². The average Bonchev–Trinajstić information content (AvgIpc) is 2.46. The van der Waals surface area contributed by atoms with Crippen molar-refractivity contribution in [3.63, 3.8) is 0 Å². The minimum absolute atomic E-state index is 0.342. The Balaban J connectivity index is 2.17. The van der Waals surface area contributed by atoms with Gasteiger partial charge in [0, 0.05) is 4.90 Å². The fraction of sp³-hybridized carbons (Fsp3) is 0.250. The first-order chi connectivity index (χ1) is 9.09. The van der Waals surface area contributed by atoms with Gasteiger partial charge in [0.1, 0.15) is 0 Å². The highest BCUT2D eigenvalue weighted by Gasteiger charge is 2.23. The third kappa shape index (κ3) is 3.31. The van der Waals surface area contributed by atoms with Crippen LogP contribution in [0.4, 0.5) is 0 Å². The van der Waals surface area contributed by atoms with Crippen molar-refractivity contribution in [3.8, 4) is 0 Å². The molecule has 0 fully saturated rings. The van der Waals surface area contributed by atoms with Crippen LogP contribution >= 0.6 is 0 Å². The molecule has 1 N–H and O–H groups in total. The fourth-order valence-corrected chi connectivity index (χ4v) is 3.15. The van der Waals surface area contributed by atoms with Gasteiger partial charge in [0.15, 0.2) is 0 Å². The summed E-state index contributed by atoms with van der Waals surface area (Å²) in [7, 11) is -1.22. The van der Waals surface area contributed by atoms with Crippen LogP contribution in [0.2, 0.25) is 0 Å². The van der Waals surface area contributed by atoms with Gasteiger partial charge in [-0.3, -0.25) is 4.21 Å². The van der Waals surface area contributed by atoms with Crippen molar-refractivity contribution in [1.82, 2.24) is 0 Å². The largest absolute Gasteiger partial charge is 0.387 e. The molecule has 2 rings (SSSR count). The zero-order valence-electron chi connectivity index (χ0n) is 11.1. The summed E-state index contributed by atoms with van der Waals surface area (Å²) in [6.45, 7) is 3.81. The van der Waals surface area contributed by atoms with Gasteiger partial charge in [-0.1, -0.05) is 48.0 Å². The molecule has 19 heavy (non-hydrogen) atoms. The lowest BCUT2D eigenvalue weighted by atomic mass is 10.1. The molecule has 0 bridgehead atoms. The van der Waals surface area contributed by atoms with Crippen molar-refractivity contribution >= 4 is 10.8 Å². The van der Waals surface area contributed by atoms with Gasteiger partial charge >= 0.3 is 0 Å². The van der Waals surface area contributed by atoms with Gasteiger partial charge in [-0.25, -0.2) is 0 Å². The van der Waals surface area contributed by atoms with E-state index in [1.807, 2.05) is 68.4 Å². The second kappa shape index (κ2) is 6.13. The summed E-state index contributed by atoms with van der Waals surface area (Å²) >= 11 is 0. The molecule has 0 amide bonds. The molecule has 0 aliphatic heterocycles. The van der Waals surface area contributed by atoms with E-state index in [1.165, 1.54) is 0 Å². The van der Waals surface area contributed by atoms with Gasteiger partial charge in [-0.15, -0.1) is 0 Å². The minimum atomic E-state index is -1.22. The summed E-state index contributed by atoms with van der Waals surface area (Å²) in [5.41, 5.74) is 1.94. The molecule has 0 aliphatic rings. The van der Waals surface area contributed by atoms with Crippen molar-refractivity contribution < 1.29 is 9.32 Å². The first-order valence-electron chi connectivity index (χ1n) is 6.30. The van der Waals surface area contributed by atoms with E-state index in [9.17, 15) is 9.32 Å². The highest BCUT2D eigenvalue weighted by atomic mass is 32.2. The summed E-state index contributed by atoms with van der Waals surface area (Å²) in [6.07, 6.45) is -0.719. The first-order valence-corrected chi connectivity index (χ1v) is 7.51. The van der Waals surface area contributed by atoms with Crippen molar-refractivity contribution in [2.45, 2.75) is 30.1 Å². The molecular weight excluding hydrogens is 256 g/mol. The Kier molecular flexibility index (Phi) is 4.51. The molecule has 0 radical (unpaired) electrons. The van der Waals surface area contributed by atoms with Crippen LogP contribution in [-0.4, -0.2) is 14.6 Å². The molecular formula is C16H18O2S. The van der Waals surface area contributed by atoms with E-state index in [-0.39, 0.29) is 5.25 Å². The fourth-order valence-electron chi connectivity index (χ4n) is 1.93. The first kappa shape index (κ1) is 14.0. The van der Waals surface area contributed by atoms with E-state index in [1.54, 1.807) is 0 Å². The quantitative estimate of drug-likeness (QED) is 0.929. The Morgan fingerprint density at radius 2 is 1.58 bits per heavy atom. The topological polar surface area (TPSA) is 37.3 Å². The van der Waals surface area contributed by atoms with E-state index >= 15 is 0 Å². The molecule has 100 valence electrons. The maximum Gasteiger partial charge on any atom is 0.0934 e. The molecule has 2 aromatic rings. The van der Waals surface area contributed by atoms with Crippen LogP contribution < -0.4 is 0 Å². The standard InChI is InChI=1S/C16H18O2S/c1-12-8-10-15(11-9-12)19(18)13(2)16(17)14-6-4-3-5-7-14/h3-11,13,16-17H,1-2H3/t13?,16?,19-/m1/s1. The lowest BCUT2D eigenvalue weighted by molar-refractivity contribution is 0.178. The summed E-state index contributed by atoms with van der Waals surface area (Å²) in [5.74, 6) is 0. The average molecular weight is 274 g/mol. The van der Waals surface area contributed by atoms with E-state index in [4.69, 9.17) is 0 Å². The monoisotopic (exact) mass is 274 g/mol. The maximum atomic E-state index is 12.4. The third-order valence-electron chi connectivity index (χ3n) is 3.18. The SMILES string of the molecule is Cc1ccc([S@](=O)C(C)C(O)c2ccccc2)cc1. The smallest absolute Gasteiger partial charge is 0.0934 e. The van der Waals surface area contributed by atoms with E-state index in [0.29, 0.717) is 0 Å². The van der Waals surface area contributed by atoms with E-state index < -0.39 is 16.9 Å². The Bertz CT molecular complexity index is 549. The number of rotatable bonds is 4. The maximum absolute atomic E-state index is 12.4. The number of aliphatic hydroxyl groups excluding tert-OH is 1. The second-order valence-corrected chi connectivity index (χ2v) is 6.48. The van der Waals surface area contributed by atoms with Crippen LogP contribution in [0.15, 0.2) is 59.5 Å². The van der Waals surface area contributed by atoms with Crippen molar-refractivity contribution in [3.05, 3.63) is 65.7 Å². The molecule has 0 heterocycles. The molecule has 0 aromatic heterocycles. The van der Waals surface area contributed by atoms with Crippen LogP contribution in [0.3, 0.4) is 0 Å². The zero-order chi connectivity index (χ0) is 13.8. The normalized spacial score (nSPS) is 15.7. The van der Waals surface area contributed by atoms with Crippen LogP contribution in [0.5, 0.6) is 0 Å². The van der Waals surface area contributed by atoms with Crippen LogP contribution in [0.25, 0.3) is 0 Å². The second-order valence-electron chi connectivity index (χ2n) is 4.67. The van der Waals surface area contributed by atoms with E-state index in [0.717, 1.165) is 16.0 Å². The lowest BCUT2D eigenvalue weighted by Crippen LogP contribution is -2.20. The molecule has 0 saturated heterocycles. The Labute approximate surface area is 116 Å². The predicted octanol–water partition coefficient (Wildman–Crippen LogP) is 3.22. The molecule has 0 saturated carbocycles. The number of benzene rings is 2. The molecule has 2 aromatic carbocycles. The van der Waals surface area contributed by atoms with Gasteiger partial charge in [0.25, 0.3) is 0 Å². The summed E-state index contributed by atoms with van der Waals surface area (Å²) in [6, 6.07) is 17.0. The Morgan fingerprint density at radius 3 is 2.16 bits per heavy atom. The van der Waals surface area contributed by atoms with Crippen molar-refractivity contribution in [2.24, 2.45) is 0 Å². The van der Waals surface area contributed by atoms with Gasteiger partial charge in [0.2, 0.25) is 0 Å². The molecule has 3 atom stereocenters. The van der Waals surface area contributed by atoms with Gasteiger partial charge < -0.3 is 5.11 Å². The number of hydrogen-bond acceptors (Lipinski definition) is 2. The minimum Gasteiger partial charge on any atom is -0.387 e. The van der Waals surface area contributed by atoms with Gasteiger partial charge in [0.05, 0.1) is 22.2 Å². The highest BCUT2D eigenvalue weighted by Crippen LogP contribution is 2.24. The van der Waals surface area contributed by atoms with Gasteiger partial charge in [-0.05, 0) is 31.5 Å². The van der Waals surface area contributed by atoms with Crippen LogP contribution in [0, 0.1) is 6.92 Å². The number of aryl methyl sites for hydroxylation is 1. The zero-order valence-corrected chi connectivity index (χ0v) is 11.9. The molecule has 3 heteroatoms. The summed E-state index contributed by atoms with van der Waals surface area (Å²) in [4.78, 5) is 0.757. The Hall–Kier alpha value is -1.45. The number of aliphatic hydroxyl groups is 1. The van der Waals surface area contributed by atoms with Gasteiger partial charge in [-0.2, -0.15) is 0 Å².